The van der Waals surface area contributed by atoms with Gasteiger partial charge in [-0.05, 0) is 30.0 Å². The molecule has 2 rings (SSSR count). The van der Waals surface area contributed by atoms with Crippen LogP contribution in [0.4, 0.5) is 4.39 Å². The van der Waals surface area contributed by atoms with E-state index in [1.807, 2.05) is 20.8 Å². The monoisotopic (exact) mass is 314 g/mol. The average Bonchev–Trinajstić information content (AvgIpc) is 3.14. The van der Waals surface area contributed by atoms with Gasteiger partial charge in [-0.2, -0.15) is 0 Å². The van der Waals surface area contributed by atoms with Gasteiger partial charge in [-0.15, -0.1) is 0 Å². The van der Waals surface area contributed by atoms with Gasteiger partial charge in [-0.25, -0.2) is 17.5 Å². The van der Waals surface area contributed by atoms with Crippen molar-refractivity contribution in [3.63, 3.8) is 0 Å². The zero-order valence-electron chi connectivity index (χ0n) is 12.7. The van der Waals surface area contributed by atoms with Crippen LogP contribution in [-0.2, 0) is 16.6 Å². The molecule has 1 aromatic carbocycles. The van der Waals surface area contributed by atoms with Crippen molar-refractivity contribution in [1.82, 2.24) is 10.0 Å². The first kappa shape index (κ1) is 16.4. The summed E-state index contributed by atoms with van der Waals surface area (Å²) >= 11 is 0. The standard InChI is InChI=1S/C15H23FN2O2S/c1-4-11-7-14(11)18-21(19,20)15-8-13(16)6-5-12(15)9-17-10(2)3/h5-6,8,10-11,14,17-18H,4,7,9H2,1-3H3. The van der Waals surface area contributed by atoms with Crippen molar-refractivity contribution in [3.8, 4) is 0 Å². The Kier molecular flexibility index (Phi) is 5.01. The molecule has 1 fully saturated rings. The highest BCUT2D eigenvalue weighted by Crippen LogP contribution is 2.34. The second kappa shape index (κ2) is 6.42. The molecule has 0 bridgehead atoms. The Balaban J connectivity index is 2.21. The molecule has 21 heavy (non-hydrogen) atoms. The van der Waals surface area contributed by atoms with Gasteiger partial charge in [0.2, 0.25) is 10.0 Å². The maximum absolute atomic E-state index is 13.5. The molecule has 1 aliphatic carbocycles. The fourth-order valence-electron chi connectivity index (χ4n) is 2.34. The molecule has 118 valence electrons. The van der Waals surface area contributed by atoms with Gasteiger partial charge >= 0.3 is 0 Å². The summed E-state index contributed by atoms with van der Waals surface area (Å²) in [5.74, 6) is -0.128. The van der Waals surface area contributed by atoms with Gasteiger partial charge in [0.05, 0.1) is 4.90 Å². The van der Waals surface area contributed by atoms with Crippen LogP contribution in [0.3, 0.4) is 0 Å². The zero-order valence-corrected chi connectivity index (χ0v) is 13.5. The van der Waals surface area contributed by atoms with Gasteiger partial charge in [0, 0.05) is 18.6 Å². The number of nitrogens with one attached hydrogen (secondary N) is 2. The van der Waals surface area contributed by atoms with Crippen LogP contribution in [0.1, 0.15) is 39.2 Å². The van der Waals surface area contributed by atoms with Crippen molar-refractivity contribution in [2.75, 3.05) is 0 Å². The van der Waals surface area contributed by atoms with E-state index in [9.17, 15) is 12.8 Å². The summed E-state index contributed by atoms with van der Waals surface area (Å²) < 4.78 is 41.1. The van der Waals surface area contributed by atoms with Gasteiger partial charge in [0.1, 0.15) is 5.82 Å². The van der Waals surface area contributed by atoms with E-state index >= 15 is 0 Å². The maximum atomic E-state index is 13.5. The number of benzene rings is 1. The third-order valence-electron chi connectivity index (χ3n) is 3.77. The van der Waals surface area contributed by atoms with Gasteiger partial charge in [0.25, 0.3) is 0 Å². The summed E-state index contributed by atoms with van der Waals surface area (Å²) in [6.07, 6.45) is 1.82. The van der Waals surface area contributed by atoms with E-state index in [2.05, 4.69) is 10.0 Å². The minimum absolute atomic E-state index is 0.00539. The van der Waals surface area contributed by atoms with E-state index in [4.69, 9.17) is 0 Å². The molecule has 0 spiro atoms. The summed E-state index contributed by atoms with van der Waals surface area (Å²) in [7, 11) is -3.67. The molecule has 0 saturated heterocycles. The highest BCUT2D eigenvalue weighted by atomic mass is 32.2. The number of rotatable bonds is 7. The second-order valence-corrected chi connectivity index (χ2v) is 7.60. The first-order valence-corrected chi connectivity index (χ1v) is 8.86. The van der Waals surface area contributed by atoms with Crippen molar-refractivity contribution in [1.29, 1.82) is 0 Å². The van der Waals surface area contributed by atoms with Crippen molar-refractivity contribution < 1.29 is 12.8 Å². The predicted octanol–water partition coefficient (Wildman–Crippen LogP) is 2.40. The largest absolute Gasteiger partial charge is 0.310 e. The fraction of sp³-hybridized carbons (Fsp3) is 0.600. The molecule has 1 aliphatic rings. The van der Waals surface area contributed by atoms with Gasteiger partial charge in [-0.3, -0.25) is 0 Å². The molecule has 2 atom stereocenters. The van der Waals surface area contributed by atoms with Gasteiger partial charge < -0.3 is 5.32 Å². The molecule has 0 radical (unpaired) electrons. The number of hydrogen-bond donors (Lipinski definition) is 2. The van der Waals surface area contributed by atoms with Crippen LogP contribution in [0.25, 0.3) is 0 Å². The Bertz CT molecular complexity index is 602. The molecule has 1 aromatic rings. The minimum atomic E-state index is -3.67. The highest BCUT2D eigenvalue weighted by Gasteiger charge is 2.39. The number of hydrogen-bond acceptors (Lipinski definition) is 3. The average molecular weight is 314 g/mol. The van der Waals surface area contributed by atoms with E-state index in [1.165, 1.54) is 12.1 Å². The maximum Gasteiger partial charge on any atom is 0.241 e. The highest BCUT2D eigenvalue weighted by molar-refractivity contribution is 7.89. The van der Waals surface area contributed by atoms with Crippen LogP contribution in [0, 0.1) is 11.7 Å². The minimum Gasteiger partial charge on any atom is -0.310 e. The Hall–Kier alpha value is -0.980. The molecular formula is C15H23FN2O2S. The smallest absolute Gasteiger partial charge is 0.241 e. The van der Waals surface area contributed by atoms with Gasteiger partial charge in [-0.1, -0.05) is 33.3 Å². The molecule has 0 aromatic heterocycles. The first-order valence-electron chi connectivity index (χ1n) is 7.37. The van der Waals surface area contributed by atoms with E-state index in [0.29, 0.717) is 18.0 Å². The van der Waals surface area contributed by atoms with Crippen LogP contribution in [0.2, 0.25) is 0 Å². The molecule has 4 nitrogen and oxygen atoms in total. The van der Waals surface area contributed by atoms with E-state index in [-0.39, 0.29) is 17.0 Å². The molecule has 6 heteroatoms. The van der Waals surface area contributed by atoms with Crippen LogP contribution in [-0.4, -0.2) is 20.5 Å². The third kappa shape index (κ3) is 4.25. The fourth-order valence-corrected chi connectivity index (χ4v) is 3.91. The van der Waals surface area contributed by atoms with Crippen LogP contribution < -0.4 is 10.0 Å². The van der Waals surface area contributed by atoms with Crippen LogP contribution >= 0.6 is 0 Å². The van der Waals surface area contributed by atoms with E-state index < -0.39 is 15.8 Å². The molecular weight excluding hydrogens is 291 g/mol. The molecule has 0 heterocycles. The Morgan fingerprint density at radius 1 is 1.38 bits per heavy atom. The summed E-state index contributed by atoms with van der Waals surface area (Å²) in [5, 5.41) is 3.17. The lowest BCUT2D eigenvalue weighted by Gasteiger charge is -2.14. The molecule has 2 N–H and O–H groups in total. The summed E-state index contributed by atoms with van der Waals surface area (Å²) in [6.45, 7) is 6.40. The third-order valence-corrected chi connectivity index (χ3v) is 5.35. The van der Waals surface area contributed by atoms with Crippen molar-refractivity contribution in [2.24, 2.45) is 5.92 Å². The van der Waals surface area contributed by atoms with Crippen molar-refractivity contribution in [2.45, 2.75) is 57.1 Å². The van der Waals surface area contributed by atoms with Crippen molar-refractivity contribution >= 4 is 10.0 Å². The van der Waals surface area contributed by atoms with Crippen LogP contribution in [0.5, 0.6) is 0 Å². The topological polar surface area (TPSA) is 58.2 Å². The lowest BCUT2D eigenvalue weighted by atomic mass is 10.2. The number of halogens is 1. The van der Waals surface area contributed by atoms with Gasteiger partial charge in [0.15, 0.2) is 0 Å². The summed E-state index contributed by atoms with van der Waals surface area (Å²) in [4.78, 5) is 0.0393. The SMILES string of the molecule is CCC1CC1NS(=O)(=O)c1cc(F)ccc1CNC(C)C. The lowest BCUT2D eigenvalue weighted by molar-refractivity contribution is 0.559. The lowest BCUT2D eigenvalue weighted by Crippen LogP contribution is -2.29. The summed E-state index contributed by atoms with van der Waals surface area (Å²) in [6, 6.07) is 4.15. The molecule has 1 saturated carbocycles. The molecule has 2 unspecified atom stereocenters. The predicted molar refractivity (Wildman–Crippen MR) is 80.9 cm³/mol. The molecule has 0 aliphatic heterocycles. The Morgan fingerprint density at radius 3 is 2.67 bits per heavy atom. The normalized spacial score (nSPS) is 21.8. The number of sulfonamides is 1. The second-order valence-electron chi connectivity index (χ2n) is 5.92. The Labute approximate surface area is 126 Å². The first-order chi connectivity index (χ1) is 9.83. The van der Waals surface area contributed by atoms with Crippen LogP contribution in [0.15, 0.2) is 23.1 Å². The summed E-state index contributed by atoms with van der Waals surface area (Å²) in [5.41, 5.74) is 0.589. The quantitative estimate of drug-likeness (QED) is 0.812. The Morgan fingerprint density at radius 2 is 2.10 bits per heavy atom. The van der Waals surface area contributed by atoms with E-state index in [0.717, 1.165) is 18.9 Å². The van der Waals surface area contributed by atoms with Crippen molar-refractivity contribution in [3.05, 3.63) is 29.6 Å². The van der Waals surface area contributed by atoms with E-state index in [1.54, 1.807) is 0 Å². The zero-order chi connectivity index (χ0) is 15.6. The molecule has 0 amide bonds.